The molecule has 0 saturated heterocycles. The predicted molar refractivity (Wildman–Crippen MR) is 147 cm³/mol. The Bertz CT molecular complexity index is 506. The van der Waals surface area contributed by atoms with Gasteiger partial charge in [0.25, 0.3) is 0 Å². The van der Waals surface area contributed by atoms with E-state index in [9.17, 15) is 4.79 Å². The Labute approximate surface area is 227 Å². The molecule has 8 heteroatoms. The SMILES string of the molecule is CCC[C@H](CCCCC[C@H](C[C@H](C[C@H](C[C@H](C[C@H](C[C@H](CC=O)OC)OC)OC)OC)OC)OC)OC. The summed E-state index contributed by atoms with van der Waals surface area (Å²) in [5, 5.41) is 0. The van der Waals surface area contributed by atoms with E-state index in [0.717, 1.165) is 51.2 Å². The second-order valence-electron chi connectivity index (χ2n) is 10.0. The molecule has 0 aromatic rings. The maximum Gasteiger partial charge on any atom is 0.122 e. The summed E-state index contributed by atoms with van der Waals surface area (Å²) >= 11 is 0. The largest absolute Gasteiger partial charge is 0.381 e. The Hall–Kier alpha value is -0.610. The molecule has 0 aliphatic rings. The second kappa shape index (κ2) is 24.4. The number of aldehydes is 1. The van der Waals surface area contributed by atoms with Crippen LogP contribution in [0.1, 0.15) is 90.4 Å². The molecule has 0 fully saturated rings. The van der Waals surface area contributed by atoms with E-state index in [2.05, 4.69) is 6.92 Å². The van der Waals surface area contributed by atoms with E-state index in [-0.39, 0.29) is 36.6 Å². The first kappa shape index (κ1) is 36.4. The molecule has 0 amide bonds. The number of carbonyl (C=O) groups is 1. The van der Waals surface area contributed by atoms with Gasteiger partial charge in [-0.1, -0.05) is 32.6 Å². The average Bonchev–Trinajstić information content (AvgIpc) is 2.92. The lowest BCUT2D eigenvalue weighted by molar-refractivity contribution is -0.110. The number of carbonyl (C=O) groups excluding carboxylic acids is 1. The summed E-state index contributed by atoms with van der Waals surface area (Å²) in [5.41, 5.74) is 0. The van der Waals surface area contributed by atoms with E-state index in [0.29, 0.717) is 25.4 Å². The number of hydrogen-bond acceptors (Lipinski definition) is 8. The zero-order valence-corrected chi connectivity index (χ0v) is 25.1. The summed E-state index contributed by atoms with van der Waals surface area (Å²) in [6.45, 7) is 2.20. The van der Waals surface area contributed by atoms with Crippen LogP contribution in [-0.4, -0.2) is 98.8 Å². The monoisotopic (exact) mass is 534 g/mol. The summed E-state index contributed by atoms with van der Waals surface area (Å²) in [7, 11) is 12.1. The minimum Gasteiger partial charge on any atom is -0.381 e. The van der Waals surface area contributed by atoms with E-state index >= 15 is 0 Å². The van der Waals surface area contributed by atoms with Gasteiger partial charge >= 0.3 is 0 Å². The van der Waals surface area contributed by atoms with Crippen molar-refractivity contribution < 1.29 is 38.0 Å². The molecule has 8 nitrogen and oxygen atoms in total. The van der Waals surface area contributed by atoms with Gasteiger partial charge in [0.05, 0.1) is 42.7 Å². The normalized spacial score (nSPS) is 17.6. The maximum atomic E-state index is 10.9. The Kier molecular flexibility index (Phi) is 24.0. The smallest absolute Gasteiger partial charge is 0.122 e. The highest BCUT2D eigenvalue weighted by Crippen LogP contribution is 2.23. The Morgan fingerprint density at radius 1 is 0.459 bits per heavy atom. The van der Waals surface area contributed by atoms with Crippen molar-refractivity contribution in [3.05, 3.63) is 0 Å². The van der Waals surface area contributed by atoms with Crippen molar-refractivity contribution in [2.75, 3.05) is 49.8 Å². The molecule has 0 aliphatic carbocycles. The molecule has 0 radical (unpaired) electrons. The quantitative estimate of drug-likeness (QED) is 0.103. The lowest BCUT2D eigenvalue weighted by atomic mass is 9.95. The van der Waals surface area contributed by atoms with Gasteiger partial charge in [-0.3, -0.25) is 0 Å². The zero-order chi connectivity index (χ0) is 27.9. The van der Waals surface area contributed by atoms with Crippen LogP contribution < -0.4 is 0 Å². The third-order valence-corrected chi connectivity index (χ3v) is 7.48. The van der Waals surface area contributed by atoms with Gasteiger partial charge in [0.15, 0.2) is 0 Å². The molecule has 7 atom stereocenters. The highest BCUT2D eigenvalue weighted by molar-refractivity contribution is 5.50. The van der Waals surface area contributed by atoms with Gasteiger partial charge in [-0.25, -0.2) is 0 Å². The van der Waals surface area contributed by atoms with Crippen LogP contribution in [0.25, 0.3) is 0 Å². The summed E-state index contributed by atoms with van der Waals surface area (Å²) in [6.07, 6.45) is 13.2. The van der Waals surface area contributed by atoms with E-state index in [1.807, 2.05) is 7.11 Å². The van der Waals surface area contributed by atoms with Crippen molar-refractivity contribution in [3.8, 4) is 0 Å². The van der Waals surface area contributed by atoms with Crippen LogP contribution in [-0.2, 0) is 38.0 Å². The van der Waals surface area contributed by atoms with Gasteiger partial charge in [-0.2, -0.15) is 0 Å². The molecule has 37 heavy (non-hydrogen) atoms. The standard InChI is InChI=1S/C29H58O8/c1-9-13-23(31-2)14-11-10-12-15-24(32-3)18-26(34-5)20-28(36-7)22-29(37-8)21-27(35-6)19-25(33-4)16-17-30/h17,23-29H,9-16,18-22H2,1-8H3/t23-,24-,25+,26-,27+,28-,29+/m1/s1. The Balaban J connectivity index is 4.69. The van der Waals surface area contributed by atoms with Crippen molar-refractivity contribution >= 4 is 6.29 Å². The predicted octanol–water partition coefficient (Wildman–Crippen LogP) is 5.38. The number of ether oxygens (including phenoxy) is 7. The maximum absolute atomic E-state index is 10.9. The van der Waals surface area contributed by atoms with Gasteiger partial charge in [-0.15, -0.1) is 0 Å². The minimum absolute atomic E-state index is 0.0114. The fourth-order valence-electron chi connectivity index (χ4n) is 4.97. The number of rotatable bonds is 27. The van der Waals surface area contributed by atoms with E-state index in [1.165, 1.54) is 19.3 Å². The van der Waals surface area contributed by atoms with Crippen LogP contribution in [0.2, 0.25) is 0 Å². The molecule has 0 aliphatic heterocycles. The first-order chi connectivity index (χ1) is 17.9. The molecule has 0 aromatic carbocycles. The van der Waals surface area contributed by atoms with Crippen LogP contribution in [0.3, 0.4) is 0 Å². The van der Waals surface area contributed by atoms with Crippen LogP contribution in [0.4, 0.5) is 0 Å². The third-order valence-electron chi connectivity index (χ3n) is 7.48. The highest BCUT2D eigenvalue weighted by Gasteiger charge is 2.26. The van der Waals surface area contributed by atoms with Crippen LogP contribution in [0.5, 0.6) is 0 Å². The number of hydrogen-bond donors (Lipinski definition) is 0. The zero-order valence-electron chi connectivity index (χ0n) is 25.1. The van der Waals surface area contributed by atoms with Crippen LogP contribution >= 0.6 is 0 Å². The summed E-state index contributed by atoms with van der Waals surface area (Å²) in [5.74, 6) is 0. The van der Waals surface area contributed by atoms with Crippen molar-refractivity contribution in [2.45, 2.75) is 133 Å². The number of methoxy groups -OCH3 is 7. The molecule has 0 unspecified atom stereocenters. The topological polar surface area (TPSA) is 81.7 Å². The summed E-state index contributed by atoms with van der Waals surface area (Å²) in [6, 6.07) is 0. The first-order valence-corrected chi connectivity index (χ1v) is 14.1. The lowest BCUT2D eigenvalue weighted by Gasteiger charge is -2.29. The first-order valence-electron chi connectivity index (χ1n) is 14.1. The van der Waals surface area contributed by atoms with E-state index in [1.54, 1.807) is 42.7 Å². The van der Waals surface area contributed by atoms with Crippen molar-refractivity contribution in [3.63, 3.8) is 0 Å². The number of unbranched alkanes of at least 4 members (excludes halogenated alkanes) is 2. The molecule has 222 valence electrons. The van der Waals surface area contributed by atoms with Crippen molar-refractivity contribution in [1.82, 2.24) is 0 Å². The van der Waals surface area contributed by atoms with Crippen LogP contribution in [0, 0.1) is 0 Å². The van der Waals surface area contributed by atoms with Gasteiger partial charge in [0.1, 0.15) is 6.29 Å². The fourth-order valence-corrected chi connectivity index (χ4v) is 4.97. The molecule has 0 N–H and O–H groups in total. The fraction of sp³-hybridized carbons (Fsp3) is 0.966. The molecule has 0 heterocycles. The summed E-state index contributed by atoms with van der Waals surface area (Å²) in [4.78, 5) is 10.9. The molecule has 0 spiro atoms. The average molecular weight is 535 g/mol. The Morgan fingerprint density at radius 2 is 0.811 bits per heavy atom. The molecule has 0 bridgehead atoms. The molecule has 0 rings (SSSR count). The van der Waals surface area contributed by atoms with Crippen molar-refractivity contribution in [2.24, 2.45) is 0 Å². The van der Waals surface area contributed by atoms with Gasteiger partial charge < -0.3 is 38.0 Å². The third kappa shape index (κ3) is 17.6. The van der Waals surface area contributed by atoms with Gasteiger partial charge in [-0.05, 0) is 44.9 Å². The lowest BCUT2D eigenvalue weighted by Crippen LogP contribution is -2.32. The van der Waals surface area contributed by atoms with Crippen LogP contribution in [0.15, 0.2) is 0 Å². The van der Waals surface area contributed by atoms with Gasteiger partial charge in [0, 0.05) is 62.6 Å². The second-order valence-corrected chi connectivity index (χ2v) is 10.0. The highest BCUT2D eigenvalue weighted by atomic mass is 16.5. The van der Waals surface area contributed by atoms with E-state index in [4.69, 9.17) is 33.2 Å². The molecule has 0 aromatic heterocycles. The van der Waals surface area contributed by atoms with E-state index < -0.39 is 0 Å². The molecular formula is C29H58O8. The Morgan fingerprint density at radius 3 is 1.16 bits per heavy atom. The summed E-state index contributed by atoms with van der Waals surface area (Å²) < 4.78 is 39.9. The van der Waals surface area contributed by atoms with Crippen molar-refractivity contribution in [1.29, 1.82) is 0 Å². The van der Waals surface area contributed by atoms with Gasteiger partial charge in [0.2, 0.25) is 0 Å². The minimum atomic E-state index is -0.153. The molecule has 0 saturated carbocycles. The molecular weight excluding hydrogens is 476 g/mol.